The number of piperidine rings is 1. The summed E-state index contributed by atoms with van der Waals surface area (Å²) in [6.07, 6.45) is 15.0. The molecule has 1 aliphatic heterocycles. The van der Waals surface area contributed by atoms with Gasteiger partial charge in [-0.15, -0.1) is 0 Å². The van der Waals surface area contributed by atoms with Crippen molar-refractivity contribution in [3.63, 3.8) is 0 Å². The molecule has 1 rings (SSSR count). The van der Waals surface area contributed by atoms with Crippen LogP contribution in [-0.4, -0.2) is 35.5 Å². The Bertz CT molecular complexity index is 278. The van der Waals surface area contributed by atoms with E-state index in [1.165, 1.54) is 70.8 Å². The van der Waals surface area contributed by atoms with Crippen molar-refractivity contribution >= 4 is 5.71 Å². The fourth-order valence-electron chi connectivity index (χ4n) is 3.28. The Morgan fingerprint density at radius 3 is 2.10 bits per heavy atom. The first-order valence-electron chi connectivity index (χ1n) is 9.21. The normalized spacial score (nSPS) is 22.0. The second kappa shape index (κ2) is 12.0. The monoisotopic (exact) mass is 296 g/mol. The Kier molecular flexibility index (Phi) is 10.6. The summed E-state index contributed by atoms with van der Waals surface area (Å²) < 4.78 is 0. The molecule has 1 N–H and O–H groups in total. The Hall–Kier alpha value is -0.570. The maximum absolute atomic E-state index is 8.88. The highest BCUT2D eigenvalue weighted by molar-refractivity contribution is 5.86. The van der Waals surface area contributed by atoms with E-state index in [-0.39, 0.29) is 0 Å². The minimum atomic E-state index is 0.423. The summed E-state index contributed by atoms with van der Waals surface area (Å²) in [6.45, 7) is 7.80. The van der Waals surface area contributed by atoms with Gasteiger partial charge in [-0.3, -0.25) is 0 Å². The third-order valence-corrected chi connectivity index (χ3v) is 4.74. The lowest BCUT2D eigenvalue weighted by Crippen LogP contribution is -2.40. The Balaban J connectivity index is 1.89. The second-order valence-electron chi connectivity index (χ2n) is 6.72. The van der Waals surface area contributed by atoms with Gasteiger partial charge >= 0.3 is 0 Å². The fourth-order valence-corrected chi connectivity index (χ4v) is 3.28. The van der Waals surface area contributed by atoms with Crippen molar-refractivity contribution in [2.45, 2.75) is 84.5 Å². The van der Waals surface area contributed by atoms with Crippen LogP contribution in [0.2, 0.25) is 0 Å². The lowest BCUT2D eigenvalue weighted by atomic mass is 9.97. The van der Waals surface area contributed by atoms with Crippen molar-refractivity contribution in [1.29, 1.82) is 0 Å². The number of unbranched alkanes of at least 4 members (excludes halogenated alkanes) is 9. The molecule has 1 saturated heterocycles. The van der Waals surface area contributed by atoms with Crippen molar-refractivity contribution in [2.75, 3.05) is 19.6 Å². The van der Waals surface area contributed by atoms with Gasteiger partial charge in [0.1, 0.15) is 0 Å². The number of likely N-dealkylation sites (tertiary alicyclic amines) is 1. The van der Waals surface area contributed by atoms with Crippen LogP contribution in [0.25, 0.3) is 0 Å². The van der Waals surface area contributed by atoms with Crippen LogP contribution in [0.5, 0.6) is 0 Å². The largest absolute Gasteiger partial charge is 0.411 e. The second-order valence-corrected chi connectivity index (χ2v) is 6.72. The highest BCUT2D eigenvalue weighted by atomic mass is 16.4. The fraction of sp³-hybridized carbons (Fsp3) is 0.944. The Morgan fingerprint density at radius 1 is 1.00 bits per heavy atom. The van der Waals surface area contributed by atoms with Crippen LogP contribution in [0.4, 0.5) is 0 Å². The molecule has 21 heavy (non-hydrogen) atoms. The molecule has 1 aliphatic rings. The van der Waals surface area contributed by atoms with Gasteiger partial charge in [-0.2, -0.15) is 0 Å². The van der Waals surface area contributed by atoms with Gasteiger partial charge < -0.3 is 10.1 Å². The average Bonchev–Trinajstić information content (AvgIpc) is 2.49. The van der Waals surface area contributed by atoms with E-state index < -0.39 is 0 Å². The summed E-state index contributed by atoms with van der Waals surface area (Å²) in [5, 5.41) is 12.3. The molecule has 1 unspecified atom stereocenters. The summed E-state index contributed by atoms with van der Waals surface area (Å²) in [5.74, 6) is 0.423. The van der Waals surface area contributed by atoms with Crippen LogP contribution in [0.15, 0.2) is 5.16 Å². The molecule has 3 nitrogen and oxygen atoms in total. The molecule has 0 bridgehead atoms. The van der Waals surface area contributed by atoms with Crippen LogP contribution in [0.1, 0.15) is 84.5 Å². The van der Waals surface area contributed by atoms with Crippen LogP contribution in [-0.2, 0) is 0 Å². The molecule has 0 radical (unpaired) electrons. The minimum absolute atomic E-state index is 0.423. The number of hydrogen-bond donors (Lipinski definition) is 1. The van der Waals surface area contributed by atoms with Gasteiger partial charge in [-0.25, -0.2) is 0 Å². The van der Waals surface area contributed by atoms with Crippen LogP contribution >= 0.6 is 0 Å². The van der Waals surface area contributed by atoms with E-state index in [1.807, 2.05) is 0 Å². The van der Waals surface area contributed by atoms with Gasteiger partial charge in [0.05, 0.1) is 5.71 Å². The summed E-state index contributed by atoms with van der Waals surface area (Å²) in [7, 11) is 0. The average molecular weight is 296 g/mol. The van der Waals surface area contributed by atoms with E-state index in [1.54, 1.807) is 0 Å². The summed E-state index contributed by atoms with van der Waals surface area (Å²) in [6, 6.07) is 0. The van der Waals surface area contributed by atoms with E-state index in [2.05, 4.69) is 23.9 Å². The number of oxime groups is 1. The molecule has 0 saturated carbocycles. The maximum atomic E-state index is 8.88. The van der Waals surface area contributed by atoms with E-state index in [0.717, 1.165) is 25.2 Å². The molecule has 0 aromatic carbocycles. The zero-order valence-corrected chi connectivity index (χ0v) is 14.3. The van der Waals surface area contributed by atoms with Gasteiger partial charge in [0, 0.05) is 25.4 Å². The molecule has 0 spiro atoms. The van der Waals surface area contributed by atoms with Gasteiger partial charge in [-0.1, -0.05) is 76.8 Å². The van der Waals surface area contributed by atoms with Gasteiger partial charge in [0.15, 0.2) is 0 Å². The zero-order valence-electron chi connectivity index (χ0n) is 14.3. The molecule has 0 aromatic rings. The molecule has 0 amide bonds. The Labute approximate surface area is 131 Å². The first-order valence-corrected chi connectivity index (χ1v) is 9.21. The lowest BCUT2D eigenvalue weighted by Gasteiger charge is -2.31. The lowest BCUT2D eigenvalue weighted by molar-refractivity contribution is 0.231. The number of rotatable bonds is 11. The van der Waals surface area contributed by atoms with E-state index in [0.29, 0.717) is 5.92 Å². The van der Waals surface area contributed by atoms with E-state index in [4.69, 9.17) is 5.21 Å². The standard InChI is InChI=1S/C18H36N2O/c1-3-4-5-6-7-8-9-10-11-12-14-20-15-13-18(19-21)17(2)16-20/h17,21H,3-16H2,1-2H3. The molecule has 124 valence electrons. The first-order chi connectivity index (χ1) is 10.3. The molecular formula is C18H36N2O. The first kappa shape index (κ1) is 18.5. The molecular weight excluding hydrogens is 260 g/mol. The SMILES string of the molecule is CCCCCCCCCCCCN1CCC(=NO)C(C)C1. The number of nitrogens with zero attached hydrogens (tertiary/aromatic N) is 2. The van der Waals surface area contributed by atoms with Gasteiger partial charge in [0.25, 0.3) is 0 Å². The van der Waals surface area contributed by atoms with E-state index >= 15 is 0 Å². The minimum Gasteiger partial charge on any atom is -0.411 e. The quantitative estimate of drug-likeness (QED) is 0.328. The van der Waals surface area contributed by atoms with E-state index in [9.17, 15) is 0 Å². The van der Waals surface area contributed by atoms with Crippen LogP contribution in [0.3, 0.4) is 0 Å². The zero-order chi connectivity index (χ0) is 15.3. The number of hydrogen-bond acceptors (Lipinski definition) is 3. The van der Waals surface area contributed by atoms with Gasteiger partial charge in [-0.05, 0) is 13.0 Å². The predicted octanol–water partition coefficient (Wildman–Crippen LogP) is 5.08. The van der Waals surface area contributed by atoms with Crippen molar-refractivity contribution in [3.8, 4) is 0 Å². The third-order valence-electron chi connectivity index (χ3n) is 4.74. The van der Waals surface area contributed by atoms with Crippen molar-refractivity contribution in [3.05, 3.63) is 0 Å². The van der Waals surface area contributed by atoms with Gasteiger partial charge in [0.2, 0.25) is 0 Å². The summed E-state index contributed by atoms with van der Waals surface area (Å²) in [4.78, 5) is 2.53. The molecule has 1 atom stereocenters. The molecule has 0 aromatic heterocycles. The smallest absolute Gasteiger partial charge is 0.0624 e. The Morgan fingerprint density at radius 2 is 1.57 bits per heavy atom. The highest BCUT2D eigenvalue weighted by Gasteiger charge is 2.21. The van der Waals surface area contributed by atoms with Crippen LogP contribution < -0.4 is 0 Å². The van der Waals surface area contributed by atoms with Crippen molar-refractivity contribution in [2.24, 2.45) is 11.1 Å². The molecule has 3 heteroatoms. The molecule has 0 aliphatic carbocycles. The highest BCUT2D eigenvalue weighted by Crippen LogP contribution is 2.15. The van der Waals surface area contributed by atoms with Crippen molar-refractivity contribution in [1.82, 2.24) is 4.90 Å². The third kappa shape index (κ3) is 8.45. The molecule has 1 heterocycles. The van der Waals surface area contributed by atoms with Crippen molar-refractivity contribution < 1.29 is 5.21 Å². The topological polar surface area (TPSA) is 35.8 Å². The van der Waals surface area contributed by atoms with Crippen LogP contribution in [0, 0.1) is 5.92 Å². The maximum Gasteiger partial charge on any atom is 0.0624 e. The summed E-state index contributed by atoms with van der Waals surface area (Å²) in [5.41, 5.74) is 0.981. The molecule has 1 fully saturated rings. The predicted molar refractivity (Wildman–Crippen MR) is 91.3 cm³/mol. The summed E-state index contributed by atoms with van der Waals surface area (Å²) >= 11 is 0.